The molecule has 3 aliphatic heterocycles. The Labute approximate surface area is 152 Å². The fourth-order valence-electron chi connectivity index (χ4n) is 3.88. The van der Waals surface area contributed by atoms with Gasteiger partial charge in [0.2, 0.25) is 0 Å². The van der Waals surface area contributed by atoms with Crippen LogP contribution in [0.2, 0.25) is 0 Å². The highest BCUT2D eigenvalue weighted by molar-refractivity contribution is 7.16. The lowest BCUT2D eigenvalue weighted by atomic mass is 9.86. The third-order valence-electron chi connectivity index (χ3n) is 5.50. The molecular weight excluding hydrogens is 332 g/mol. The first-order chi connectivity index (χ1) is 12.1. The molecule has 132 valence electrons. The molecule has 1 N–H and O–H groups in total. The lowest BCUT2D eigenvalue weighted by Gasteiger charge is -2.43. The molecule has 4 heterocycles. The summed E-state index contributed by atoms with van der Waals surface area (Å²) in [6, 6.07) is 10.2. The molecule has 0 saturated carbocycles. The predicted octanol–water partition coefficient (Wildman–Crippen LogP) is 4.67. The van der Waals surface area contributed by atoms with E-state index in [0.29, 0.717) is 5.92 Å². The Morgan fingerprint density at radius 3 is 2.56 bits per heavy atom. The largest absolute Gasteiger partial charge is 0.444 e. The van der Waals surface area contributed by atoms with Crippen LogP contribution in [-0.4, -0.2) is 36.7 Å². The number of nitrogens with one attached hydrogen (secondary N) is 1. The minimum absolute atomic E-state index is 0.0303. The molecule has 1 unspecified atom stereocenters. The number of benzene rings is 1. The van der Waals surface area contributed by atoms with E-state index in [0.717, 1.165) is 54.2 Å². The number of amides is 1. The van der Waals surface area contributed by atoms with Gasteiger partial charge in [0, 0.05) is 11.4 Å². The molecule has 1 aromatic carbocycles. The summed E-state index contributed by atoms with van der Waals surface area (Å²) in [5.74, 6) is 0.523. The zero-order chi connectivity index (χ0) is 17.4. The van der Waals surface area contributed by atoms with Crippen molar-refractivity contribution in [3.05, 3.63) is 40.8 Å². The summed E-state index contributed by atoms with van der Waals surface area (Å²) in [5.41, 5.74) is 3.14. The summed E-state index contributed by atoms with van der Waals surface area (Å²) < 4.78 is 5.80. The summed E-state index contributed by atoms with van der Waals surface area (Å²) in [6.07, 6.45) is 1.99. The number of rotatable bonds is 3. The number of carbonyl (C=O) groups is 1. The normalized spacial score (nSPS) is 25.0. The Morgan fingerprint density at radius 1 is 1.20 bits per heavy atom. The number of carbonyl (C=O) groups excluding carboxylic acids is 1. The van der Waals surface area contributed by atoms with Gasteiger partial charge in [-0.3, -0.25) is 10.2 Å². The van der Waals surface area contributed by atoms with Gasteiger partial charge in [-0.25, -0.2) is 4.79 Å². The molecule has 0 spiro atoms. The van der Waals surface area contributed by atoms with Crippen molar-refractivity contribution in [3.8, 4) is 10.4 Å². The van der Waals surface area contributed by atoms with Crippen LogP contribution in [0.15, 0.2) is 30.3 Å². The predicted molar refractivity (Wildman–Crippen MR) is 102 cm³/mol. The highest BCUT2D eigenvalue weighted by Crippen LogP contribution is 2.40. The lowest BCUT2D eigenvalue weighted by molar-refractivity contribution is -0.0289. The number of anilines is 1. The molecule has 5 rings (SSSR count). The molecule has 3 fully saturated rings. The average molecular weight is 356 g/mol. The zero-order valence-electron chi connectivity index (χ0n) is 14.7. The topological polar surface area (TPSA) is 41.6 Å². The number of piperidine rings is 3. The number of ether oxygens (including phenoxy) is 1. The Kier molecular flexibility index (Phi) is 4.52. The lowest BCUT2D eigenvalue weighted by Crippen LogP contribution is -2.52. The van der Waals surface area contributed by atoms with Crippen LogP contribution in [0.25, 0.3) is 10.4 Å². The standard InChI is InChI=1S/C20H24N2O2S/c1-13-14(2)25-19(16-6-4-3-5-7-16)18(13)21-20(23)24-17-12-22-10-8-15(17)9-11-22/h3-7,15,17H,8-12H2,1-2H3,(H,21,23). The number of aryl methyl sites for hydroxylation is 1. The molecule has 1 aromatic heterocycles. The van der Waals surface area contributed by atoms with Gasteiger partial charge >= 0.3 is 6.09 Å². The van der Waals surface area contributed by atoms with Crippen molar-refractivity contribution in [1.29, 1.82) is 0 Å². The third kappa shape index (κ3) is 3.31. The van der Waals surface area contributed by atoms with Crippen molar-refractivity contribution in [3.63, 3.8) is 0 Å². The summed E-state index contributed by atoms with van der Waals surface area (Å²) in [5, 5.41) is 3.04. The van der Waals surface area contributed by atoms with Crippen LogP contribution in [0.1, 0.15) is 23.3 Å². The highest BCUT2D eigenvalue weighted by Gasteiger charge is 2.36. The van der Waals surface area contributed by atoms with Crippen LogP contribution in [0.3, 0.4) is 0 Å². The number of hydrogen-bond donors (Lipinski definition) is 1. The molecule has 5 heteroatoms. The fourth-order valence-corrected chi connectivity index (χ4v) is 5.01. The van der Waals surface area contributed by atoms with E-state index in [2.05, 4.69) is 36.2 Å². The van der Waals surface area contributed by atoms with Gasteiger partial charge in [0.05, 0.1) is 10.6 Å². The van der Waals surface area contributed by atoms with Crippen molar-refractivity contribution in [1.82, 2.24) is 4.90 Å². The van der Waals surface area contributed by atoms with Gasteiger partial charge in [-0.2, -0.15) is 0 Å². The summed E-state index contributed by atoms with van der Waals surface area (Å²) in [6.45, 7) is 7.32. The van der Waals surface area contributed by atoms with Gasteiger partial charge in [-0.05, 0) is 56.8 Å². The maximum Gasteiger partial charge on any atom is 0.412 e. The van der Waals surface area contributed by atoms with Gasteiger partial charge in [-0.15, -0.1) is 11.3 Å². The Bertz CT molecular complexity index is 764. The first kappa shape index (κ1) is 16.6. The fraction of sp³-hybridized carbons (Fsp3) is 0.450. The molecule has 25 heavy (non-hydrogen) atoms. The Morgan fingerprint density at radius 2 is 1.92 bits per heavy atom. The van der Waals surface area contributed by atoms with Crippen LogP contribution in [0.5, 0.6) is 0 Å². The molecule has 1 amide bonds. The Balaban J connectivity index is 1.51. The molecule has 4 nitrogen and oxygen atoms in total. The van der Waals surface area contributed by atoms with Crippen LogP contribution in [-0.2, 0) is 4.74 Å². The molecule has 3 saturated heterocycles. The molecule has 2 aromatic rings. The summed E-state index contributed by atoms with van der Waals surface area (Å²) >= 11 is 1.72. The first-order valence-electron chi connectivity index (χ1n) is 8.97. The monoisotopic (exact) mass is 356 g/mol. The number of fused-ring (bicyclic) bond motifs is 3. The van der Waals surface area contributed by atoms with Gasteiger partial charge in [0.15, 0.2) is 0 Å². The van der Waals surface area contributed by atoms with Crippen molar-refractivity contribution in [2.45, 2.75) is 32.8 Å². The van der Waals surface area contributed by atoms with E-state index in [4.69, 9.17) is 4.74 Å². The van der Waals surface area contributed by atoms with E-state index in [1.54, 1.807) is 11.3 Å². The van der Waals surface area contributed by atoms with E-state index in [-0.39, 0.29) is 12.2 Å². The molecule has 1 atom stereocenters. The smallest absolute Gasteiger partial charge is 0.412 e. The molecular formula is C20H24N2O2S. The first-order valence-corrected chi connectivity index (χ1v) is 9.79. The van der Waals surface area contributed by atoms with Crippen LogP contribution < -0.4 is 5.32 Å². The SMILES string of the molecule is Cc1sc(-c2ccccc2)c(NC(=O)OC2CN3CCC2CC3)c1C. The van der Waals surface area contributed by atoms with E-state index in [1.807, 2.05) is 18.2 Å². The number of hydrogen-bond acceptors (Lipinski definition) is 4. The van der Waals surface area contributed by atoms with Crippen molar-refractivity contribution >= 4 is 23.1 Å². The molecule has 3 aliphatic rings. The molecule has 0 aliphatic carbocycles. The Hall–Kier alpha value is -1.85. The minimum atomic E-state index is -0.322. The maximum absolute atomic E-state index is 12.6. The van der Waals surface area contributed by atoms with Crippen LogP contribution in [0, 0.1) is 19.8 Å². The van der Waals surface area contributed by atoms with Gasteiger partial charge < -0.3 is 4.74 Å². The van der Waals surface area contributed by atoms with E-state index < -0.39 is 0 Å². The summed E-state index contributed by atoms with van der Waals surface area (Å²) in [7, 11) is 0. The zero-order valence-corrected chi connectivity index (χ0v) is 15.6. The molecule has 0 radical (unpaired) electrons. The maximum atomic E-state index is 12.6. The quantitative estimate of drug-likeness (QED) is 0.868. The van der Waals surface area contributed by atoms with E-state index >= 15 is 0 Å². The van der Waals surface area contributed by atoms with E-state index in [9.17, 15) is 4.79 Å². The molecule has 2 bridgehead atoms. The van der Waals surface area contributed by atoms with Crippen molar-refractivity contribution in [2.24, 2.45) is 5.92 Å². The second-order valence-corrected chi connectivity index (χ2v) is 8.28. The number of nitrogens with zero attached hydrogens (tertiary/aromatic N) is 1. The van der Waals surface area contributed by atoms with Gasteiger partial charge in [0.25, 0.3) is 0 Å². The van der Waals surface area contributed by atoms with Crippen LogP contribution >= 0.6 is 11.3 Å². The second kappa shape index (κ2) is 6.81. The van der Waals surface area contributed by atoms with Crippen molar-refractivity contribution in [2.75, 3.05) is 25.0 Å². The second-order valence-electron chi connectivity index (χ2n) is 7.06. The third-order valence-corrected chi connectivity index (χ3v) is 6.76. The van der Waals surface area contributed by atoms with E-state index in [1.165, 1.54) is 4.88 Å². The minimum Gasteiger partial charge on any atom is -0.444 e. The summed E-state index contributed by atoms with van der Waals surface area (Å²) in [4.78, 5) is 17.3. The van der Waals surface area contributed by atoms with Gasteiger partial charge in [-0.1, -0.05) is 30.3 Å². The van der Waals surface area contributed by atoms with Crippen molar-refractivity contribution < 1.29 is 9.53 Å². The van der Waals surface area contributed by atoms with Crippen LogP contribution in [0.4, 0.5) is 10.5 Å². The highest BCUT2D eigenvalue weighted by atomic mass is 32.1. The average Bonchev–Trinajstić information content (AvgIpc) is 2.92. The number of thiophene rings is 1. The van der Waals surface area contributed by atoms with Gasteiger partial charge in [0.1, 0.15) is 6.10 Å².